The number of nitro groups is 1. The highest BCUT2D eigenvalue weighted by atomic mass is 16.6. The third-order valence-electron chi connectivity index (χ3n) is 2.07. The van der Waals surface area contributed by atoms with Crippen LogP contribution in [0.1, 0.15) is 12.8 Å². The zero-order valence-electron chi connectivity index (χ0n) is 9.42. The van der Waals surface area contributed by atoms with Crippen LogP contribution >= 0.6 is 0 Å². The van der Waals surface area contributed by atoms with Crippen molar-refractivity contribution >= 4 is 11.7 Å². The molecule has 1 aromatic carbocycles. The second-order valence-corrected chi connectivity index (χ2v) is 3.28. The molecule has 0 saturated carbocycles. The number of esters is 1. The van der Waals surface area contributed by atoms with Crippen molar-refractivity contribution in [2.24, 2.45) is 0 Å². The van der Waals surface area contributed by atoms with Crippen LogP contribution < -0.4 is 4.74 Å². The van der Waals surface area contributed by atoms with Gasteiger partial charge in [-0.1, -0.05) is 0 Å². The summed E-state index contributed by atoms with van der Waals surface area (Å²) in [5.41, 5.74) is 0.0203. The second kappa shape index (κ2) is 6.47. The molecule has 0 spiro atoms. The summed E-state index contributed by atoms with van der Waals surface area (Å²) in [6.07, 6.45) is 0.840. The quantitative estimate of drug-likeness (QED) is 0.328. The van der Waals surface area contributed by atoms with Crippen LogP contribution in [-0.2, 0) is 9.53 Å². The molecule has 17 heavy (non-hydrogen) atoms. The van der Waals surface area contributed by atoms with E-state index in [2.05, 4.69) is 4.74 Å². The van der Waals surface area contributed by atoms with E-state index >= 15 is 0 Å². The number of nitrogens with zero attached hydrogens (tertiary/aromatic N) is 1. The Balaban J connectivity index is 2.32. The zero-order valence-corrected chi connectivity index (χ0v) is 9.42. The van der Waals surface area contributed by atoms with Gasteiger partial charge in [0.05, 0.1) is 18.6 Å². The lowest BCUT2D eigenvalue weighted by Crippen LogP contribution is -2.04. The number of nitro benzene ring substituents is 1. The Bertz CT molecular complexity index is 387. The summed E-state index contributed by atoms with van der Waals surface area (Å²) in [6, 6.07) is 5.79. The standard InChI is InChI=1S/C11H13NO5/c1-16-11(13)3-2-8-17-10-6-4-9(5-7-10)12(14)15/h4-7H,2-3,8H2,1H3. The lowest BCUT2D eigenvalue weighted by molar-refractivity contribution is -0.384. The average Bonchev–Trinajstić information content (AvgIpc) is 2.34. The summed E-state index contributed by atoms with van der Waals surface area (Å²) in [7, 11) is 1.33. The summed E-state index contributed by atoms with van der Waals surface area (Å²) < 4.78 is 9.78. The van der Waals surface area contributed by atoms with Crippen LogP contribution in [0.3, 0.4) is 0 Å². The Morgan fingerprint density at radius 1 is 1.35 bits per heavy atom. The largest absolute Gasteiger partial charge is 0.494 e. The molecule has 92 valence electrons. The van der Waals surface area contributed by atoms with Gasteiger partial charge in [-0.15, -0.1) is 0 Å². The van der Waals surface area contributed by atoms with Crippen molar-refractivity contribution in [1.82, 2.24) is 0 Å². The minimum Gasteiger partial charge on any atom is -0.494 e. The van der Waals surface area contributed by atoms with Gasteiger partial charge in [-0.05, 0) is 18.6 Å². The van der Waals surface area contributed by atoms with Crippen LogP contribution in [0, 0.1) is 10.1 Å². The molecule has 0 N–H and O–H groups in total. The van der Waals surface area contributed by atoms with E-state index in [4.69, 9.17) is 4.74 Å². The predicted octanol–water partition coefficient (Wildman–Crippen LogP) is 1.93. The molecule has 6 heteroatoms. The number of non-ortho nitro benzene ring substituents is 1. The van der Waals surface area contributed by atoms with Gasteiger partial charge in [0.2, 0.25) is 0 Å². The SMILES string of the molecule is COC(=O)CCCOc1ccc([N+](=O)[O-])cc1. The molecule has 0 aliphatic heterocycles. The van der Waals surface area contributed by atoms with E-state index in [-0.39, 0.29) is 11.7 Å². The van der Waals surface area contributed by atoms with Crippen molar-refractivity contribution < 1.29 is 19.2 Å². The molecule has 1 rings (SSSR count). The molecule has 6 nitrogen and oxygen atoms in total. The molecule has 0 fully saturated rings. The summed E-state index contributed by atoms with van der Waals surface area (Å²) in [5.74, 6) is 0.262. The highest BCUT2D eigenvalue weighted by Gasteiger charge is 2.04. The number of carbonyl (C=O) groups is 1. The Morgan fingerprint density at radius 3 is 2.53 bits per heavy atom. The van der Waals surface area contributed by atoms with E-state index < -0.39 is 4.92 Å². The first-order valence-corrected chi connectivity index (χ1v) is 5.07. The van der Waals surface area contributed by atoms with Crippen LogP contribution in [0.5, 0.6) is 5.75 Å². The Kier molecular flexibility index (Phi) is 4.93. The molecule has 0 bridgehead atoms. The van der Waals surface area contributed by atoms with Crippen molar-refractivity contribution in [3.8, 4) is 5.75 Å². The first-order valence-electron chi connectivity index (χ1n) is 5.07. The predicted molar refractivity (Wildman–Crippen MR) is 59.8 cm³/mol. The third-order valence-corrected chi connectivity index (χ3v) is 2.07. The van der Waals surface area contributed by atoms with Gasteiger partial charge in [-0.2, -0.15) is 0 Å². The van der Waals surface area contributed by atoms with Crippen molar-refractivity contribution in [1.29, 1.82) is 0 Å². The summed E-state index contributed by atoms with van der Waals surface area (Å²) >= 11 is 0. The first-order chi connectivity index (χ1) is 8.13. The normalized spacial score (nSPS) is 9.71. The molecule has 0 unspecified atom stereocenters. The maximum absolute atomic E-state index is 10.8. The molecule has 0 saturated heterocycles. The van der Waals surface area contributed by atoms with Gasteiger partial charge in [-0.3, -0.25) is 14.9 Å². The summed E-state index contributed by atoms with van der Waals surface area (Å²) in [6.45, 7) is 0.368. The van der Waals surface area contributed by atoms with E-state index in [1.807, 2.05) is 0 Å². The van der Waals surface area contributed by atoms with E-state index in [0.717, 1.165) is 0 Å². The fraction of sp³-hybridized carbons (Fsp3) is 0.364. The number of methoxy groups -OCH3 is 1. The number of ether oxygens (including phenoxy) is 2. The maximum atomic E-state index is 10.8. The van der Waals surface area contributed by atoms with Crippen molar-refractivity contribution in [2.45, 2.75) is 12.8 Å². The van der Waals surface area contributed by atoms with Crippen LogP contribution in [0.4, 0.5) is 5.69 Å². The van der Waals surface area contributed by atoms with Gasteiger partial charge >= 0.3 is 5.97 Å². The lowest BCUT2D eigenvalue weighted by atomic mass is 10.3. The smallest absolute Gasteiger partial charge is 0.305 e. The van der Waals surface area contributed by atoms with Crippen molar-refractivity contribution in [3.05, 3.63) is 34.4 Å². The topological polar surface area (TPSA) is 78.7 Å². The number of hydrogen-bond donors (Lipinski definition) is 0. The monoisotopic (exact) mass is 239 g/mol. The number of carbonyl (C=O) groups excluding carboxylic acids is 1. The zero-order chi connectivity index (χ0) is 12.7. The number of benzene rings is 1. The molecule has 0 amide bonds. The van der Waals surface area contributed by atoms with Crippen LogP contribution in [0.2, 0.25) is 0 Å². The van der Waals surface area contributed by atoms with Crippen LogP contribution in [-0.4, -0.2) is 24.6 Å². The van der Waals surface area contributed by atoms with Crippen LogP contribution in [0.15, 0.2) is 24.3 Å². The lowest BCUT2D eigenvalue weighted by Gasteiger charge is -2.04. The number of hydrogen-bond acceptors (Lipinski definition) is 5. The Hall–Kier alpha value is -2.11. The Morgan fingerprint density at radius 2 is 2.00 bits per heavy atom. The molecule has 0 aromatic heterocycles. The van der Waals surface area contributed by atoms with E-state index in [9.17, 15) is 14.9 Å². The summed E-state index contributed by atoms with van der Waals surface area (Å²) in [5, 5.41) is 10.4. The van der Waals surface area contributed by atoms with E-state index in [0.29, 0.717) is 25.2 Å². The molecule has 1 aromatic rings. The third kappa shape index (κ3) is 4.50. The Labute approximate surface area is 98.3 Å². The van der Waals surface area contributed by atoms with Gasteiger partial charge < -0.3 is 9.47 Å². The van der Waals surface area contributed by atoms with E-state index in [1.54, 1.807) is 0 Å². The fourth-order valence-corrected chi connectivity index (χ4v) is 1.17. The van der Waals surface area contributed by atoms with Crippen LogP contribution in [0.25, 0.3) is 0 Å². The molecule has 0 aliphatic carbocycles. The fourth-order valence-electron chi connectivity index (χ4n) is 1.17. The molecule has 0 atom stereocenters. The minimum absolute atomic E-state index is 0.0203. The van der Waals surface area contributed by atoms with Gasteiger partial charge in [0, 0.05) is 18.6 Å². The van der Waals surface area contributed by atoms with Gasteiger partial charge in [0.1, 0.15) is 5.75 Å². The summed E-state index contributed by atoms with van der Waals surface area (Å²) in [4.78, 5) is 20.7. The van der Waals surface area contributed by atoms with Gasteiger partial charge in [-0.25, -0.2) is 0 Å². The molecular weight excluding hydrogens is 226 g/mol. The highest BCUT2D eigenvalue weighted by molar-refractivity contribution is 5.69. The van der Waals surface area contributed by atoms with Gasteiger partial charge in [0.25, 0.3) is 5.69 Å². The average molecular weight is 239 g/mol. The minimum atomic E-state index is -0.471. The van der Waals surface area contributed by atoms with Crippen molar-refractivity contribution in [3.63, 3.8) is 0 Å². The molecule has 0 radical (unpaired) electrons. The first kappa shape index (κ1) is 13.0. The van der Waals surface area contributed by atoms with Gasteiger partial charge in [0.15, 0.2) is 0 Å². The number of rotatable bonds is 6. The second-order valence-electron chi connectivity index (χ2n) is 3.28. The van der Waals surface area contributed by atoms with E-state index in [1.165, 1.54) is 31.4 Å². The highest BCUT2D eigenvalue weighted by Crippen LogP contribution is 2.17. The molecule has 0 aliphatic rings. The molecular formula is C11H13NO5. The maximum Gasteiger partial charge on any atom is 0.305 e. The van der Waals surface area contributed by atoms with Crippen molar-refractivity contribution in [2.75, 3.05) is 13.7 Å². The molecule has 0 heterocycles.